The van der Waals surface area contributed by atoms with E-state index >= 15 is 0 Å². The maximum Gasteiger partial charge on any atom is 0.145 e. The van der Waals surface area contributed by atoms with Gasteiger partial charge in [-0.2, -0.15) is 0 Å². The van der Waals surface area contributed by atoms with Gasteiger partial charge in [-0.15, -0.1) is 0 Å². The molecule has 0 radical (unpaired) electrons. The normalized spacial score (nSPS) is 16.4. The molecule has 0 aliphatic heterocycles. The minimum atomic E-state index is -0.538. The molecule has 0 saturated carbocycles. The third kappa shape index (κ3) is 5.82. The van der Waals surface area contributed by atoms with E-state index in [9.17, 15) is 4.79 Å². The molecule has 1 heterocycles. The van der Waals surface area contributed by atoms with E-state index in [1.807, 2.05) is 50.4 Å². The summed E-state index contributed by atoms with van der Waals surface area (Å²) < 4.78 is 0. The molecule has 1 aliphatic carbocycles. The summed E-state index contributed by atoms with van der Waals surface area (Å²) in [6, 6.07) is 29.8. The van der Waals surface area contributed by atoms with Gasteiger partial charge in [0.25, 0.3) is 0 Å². The fraction of sp³-hybridized carbons (Fsp3) is 0.100. The third-order valence-electron chi connectivity index (χ3n) is 7.83. The molecular formula is C40H36N2OS. The van der Waals surface area contributed by atoms with Crippen LogP contribution in [0.15, 0.2) is 168 Å². The Morgan fingerprint density at radius 1 is 0.886 bits per heavy atom. The minimum Gasteiger partial charge on any atom is -0.311 e. The Morgan fingerprint density at radius 3 is 2.36 bits per heavy atom. The summed E-state index contributed by atoms with van der Waals surface area (Å²) in [5.41, 5.74) is 8.91. The number of para-hydroxylation sites is 1. The van der Waals surface area contributed by atoms with Crippen LogP contribution < -0.4 is 4.90 Å². The van der Waals surface area contributed by atoms with Gasteiger partial charge < -0.3 is 4.90 Å². The van der Waals surface area contributed by atoms with Gasteiger partial charge in [0.1, 0.15) is 6.29 Å². The molecule has 4 heteroatoms. The second-order valence-corrected chi connectivity index (χ2v) is 11.8. The standard InChI is InChI=1S/C40H36N2OS/c1-6-9-17-30(8-3)42(31-18-11-10-12-19-31)32-23-24-38(44-33(16-7-2)26-29(4)28-43)37(27-32)40(5)36-22-14-13-20-34(36)35-21-15-25-41-39(35)40/h6-28H,1-2H2,3-5H3/b17-9-,29-26-,30-8+,33-16-. The van der Waals surface area contributed by atoms with Crippen LogP contribution in [0.3, 0.4) is 0 Å². The number of aldehydes is 1. The summed E-state index contributed by atoms with van der Waals surface area (Å²) in [6.45, 7) is 14.0. The highest BCUT2D eigenvalue weighted by Gasteiger charge is 2.43. The number of aromatic nitrogens is 1. The lowest BCUT2D eigenvalue weighted by Gasteiger charge is -2.32. The largest absolute Gasteiger partial charge is 0.311 e. The van der Waals surface area contributed by atoms with Crippen molar-refractivity contribution in [3.8, 4) is 11.1 Å². The van der Waals surface area contributed by atoms with Crippen molar-refractivity contribution >= 4 is 29.4 Å². The van der Waals surface area contributed by atoms with Crippen molar-refractivity contribution in [3.05, 3.63) is 180 Å². The van der Waals surface area contributed by atoms with E-state index in [1.54, 1.807) is 23.9 Å². The van der Waals surface area contributed by atoms with Crippen LogP contribution in [0.5, 0.6) is 0 Å². The van der Waals surface area contributed by atoms with Gasteiger partial charge in [-0.25, -0.2) is 0 Å². The van der Waals surface area contributed by atoms with Gasteiger partial charge in [0.15, 0.2) is 0 Å². The molecule has 218 valence electrons. The molecule has 3 aromatic carbocycles. The highest BCUT2D eigenvalue weighted by molar-refractivity contribution is 8.03. The average molecular weight is 593 g/mol. The van der Waals surface area contributed by atoms with E-state index < -0.39 is 5.41 Å². The summed E-state index contributed by atoms with van der Waals surface area (Å²) in [5.74, 6) is 0. The number of pyridine rings is 1. The van der Waals surface area contributed by atoms with E-state index in [0.29, 0.717) is 5.57 Å². The number of nitrogens with zero attached hydrogens (tertiary/aromatic N) is 2. The SMILES string of the molecule is C=C/C=C\C(=C/C)N(c1ccccc1)c1ccc(SC(/C=C(/C)C=O)=C\C=C)c(C2(C)c3ccccc3-c3cccnc32)c1. The molecule has 0 amide bonds. The molecular weight excluding hydrogens is 557 g/mol. The van der Waals surface area contributed by atoms with Crippen molar-refractivity contribution in [2.75, 3.05) is 4.90 Å². The Bertz CT molecular complexity index is 1780. The maximum atomic E-state index is 11.6. The minimum absolute atomic E-state index is 0.538. The number of carbonyl (C=O) groups excluding carboxylic acids is 1. The predicted octanol–water partition coefficient (Wildman–Crippen LogP) is 10.5. The number of anilines is 2. The van der Waals surface area contributed by atoms with Gasteiger partial charge in [-0.05, 0) is 97.7 Å². The van der Waals surface area contributed by atoms with Crippen molar-refractivity contribution in [3.63, 3.8) is 0 Å². The van der Waals surface area contributed by atoms with Gasteiger partial charge in [0.2, 0.25) is 0 Å². The first kappa shape index (κ1) is 30.5. The molecule has 5 rings (SSSR count). The lowest BCUT2D eigenvalue weighted by Crippen LogP contribution is -2.25. The van der Waals surface area contributed by atoms with E-state index in [0.717, 1.165) is 50.0 Å². The summed E-state index contributed by atoms with van der Waals surface area (Å²) >= 11 is 1.63. The molecule has 4 aromatic rings. The van der Waals surface area contributed by atoms with Crippen molar-refractivity contribution < 1.29 is 4.79 Å². The zero-order valence-electron chi connectivity index (χ0n) is 25.4. The fourth-order valence-electron chi connectivity index (χ4n) is 5.82. The second-order valence-electron chi connectivity index (χ2n) is 10.6. The molecule has 1 aromatic heterocycles. The van der Waals surface area contributed by atoms with Crippen LogP contribution >= 0.6 is 11.8 Å². The quantitative estimate of drug-likeness (QED) is 0.0751. The van der Waals surface area contributed by atoms with E-state index in [2.05, 4.69) is 110 Å². The summed E-state index contributed by atoms with van der Waals surface area (Å²) in [5, 5.41) is 0. The van der Waals surface area contributed by atoms with Crippen molar-refractivity contribution in [2.45, 2.75) is 31.1 Å². The number of fused-ring (bicyclic) bond motifs is 3. The Morgan fingerprint density at radius 2 is 1.64 bits per heavy atom. The van der Waals surface area contributed by atoms with Crippen LogP contribution in [-0.4, -0.2) is 11.3 Å². The Hall–Kier alpha value is -4.93. The molecule has 1 unspecified atom stereocenters. The van der Waals surface area contributed by atoms with Crippen LogP contribution in [-0.2, 0) is 10.2 Å². The lowest BCUT2D eigenvalue weighted by atomic mass is 9.76. The fourth-order valence-corrected chi connectivity index (χ4v) is 6.99. The third-order valence-corrected chi connectivity index (χ3v) is 8.90. The molecule has 0 fully saturated rings. The lowest BCUT2D eigenvalue weighted by molar-refractivity contribution is -0.104. The molecule has 44 heavy (non-hydrogen) atoms. The van der Waals surface area contributed by atoms with Crippen LogP contribution in [0.4, 0.5) is 11.4 Å². The number of hydrogen-bond acceptors (Lipinski definition) is 4. The number of carbonyl (C=O) groups is 1. The Balaban J connectivity index is 1.81. The molecule has 1 aliphatic rings. The van der Waals surface area contributed by atoms with Crippen LogP contribution in [0.2, 0.25) is 0 Å². The second kappa shape index (κ2) is 13.6. The van der Waals surface area contributed by atoms with Gasteiger partial charge >= 0.3 is 0 Å². The molecule has 0 N–H and O–H groups in total. The van der Waals surface area contributed by atoms with Gasteiger partial charge in [0, 0.05) is 38.6 Å². The predicted molar refractivity (Wildman–Crippen MR) is 187 cm³/mol. The topological polar surface area (TPSA) is 33.2 Å². The first-order valence-corrected chi connectivity index (χ1v) is 15.4. The summed E-state index contributed by atoms with van der Waals surface area (Å²) in [7, 11) is 0. The maximum absolute atomic E-state index is 11.6. The number of thioether (sulfide) groups is 1. The Labute approximate surface area is 265 Å². The highest BCUT2D eigenvalue weighted by Crippen LogP contribution is 2.54. The number of hydrogen-bond donors (Lipinski definition) is 0. The monoisotopic (exact) mass is 592 g/mol. The smallest absolute Gasteiger partial charge is 0.145 e. The van der Waals surface area contributed by atoms with E-state index in [-0.39, 0.29) is 0 Å². The average Bonchev–Trinajstić information content (AvgIpc) is 3.32. The zero-order chi connectivity index (χ0) is 31.1. The molecule has 0 spiro atoms. The molecule has 1 atom stereocenters. The molecule has 0 saturated heterocycles. The van der Waals surface area contributed by atoms with Gasteiger partial charge in [-0.3, -0.25) is 9.78 Å². The first-order valence-electron chi connectivity index (χ1n) is 14.6. The van der Waals surface area contributed by atoms with Crippen LogP contribution in [0, 0.1) is 0 Å². The first-order chi connectivity index (χ1) is 21.5. The van der Waals surface area contributed by atoms with Gasteiger partial charge in [0.05, 0.1) is 11.1 Å². The van der Waals surface area contributed by atoms with E-state index in [4.69, 9.17) is 4.98 Å². The number of rotatable bonds is 11. The van der Waals surface area contributed by atoms with E-state index in [1.165, 1.54) is 11.1 Å². The molecule has 0 bridgehead atoms. The van der Waals surface area contributed by atoms with Crippen LogP contribution in [0.25, 0.3) is 11.1 Å². The summed E-state index contributed by atoms with van der Waals surface area (Å²) in [4.78, 5) is 20.8. The van der Waals surface area contributed by atoms with Crippen molar-refractivity contribution in [1.29, 1.82) is 0 Å². The Kier molecular flexibility index (Phi) is 9.42. The number of benzene rings is 3. The van der Waals surface area contributed by atoms with Gasteiger partial charge in [-0.1, -0.05) is 97.8 Å². The zero-order valence-corrected chi connectivity index (χ0v) is 26.2. The molecule has 3 nitrogen and oxygen atoms in total. The summed E-state index contributed by atoms with van der Waals surface area (Å²) in [6.07, 6.45) is 16.3. The van der Waals surface area contributed by atoms with Crippen molar-refractivity contribution in [2.24, 2.45) is 0 Å². The highest BCUT2D eigenvalue weighted by atomic mass is 32.2. The number of allylic oxidation sites excluding steroid dienone is 8. The van der Waals surface area contributed by atoms with Crippen molar-refractivity contribution in [1.82, 2.24) is 4.98 Å². The van der Waals surface area contributed by atoms with Crippen LogP contribution in [0.1, 0.15) is 37.6 Å².